The summed E-state index contributed by atoms with van der Waals surface area (Å²) in [5, 5.41) is 3.29. The molecule has 1 fully saturated rings. The number of carbonyl (C=O) groups excluding carboxylic acids is 1. The zero-order valence-electron chi connectivity index (χ0n) is 15.3. The summed E-state index contributed by atoms with van der Waals surface area (Å²) in [6.45, 7) is 3.43. The zero-order chi connectivity index (χ0) is 18.6. The van der Waals surface area contributed by atoms with Crippen molar-refractivity contribution in [3.8, 4) is 0 Å². The molecule has 0 aliphatic carbocycles. The van der Waals surface area contributed by atoms with Crippen LogP contribution in [0.4, 0.5) is 11.6 Å². The van der Waals surface area contributed by atoms with E-state index in [-0.39, 0.29) is 11.8 Å². The van der Waals surface area contributed by atoms with Gasteiger partial charge in [0.05, 0.1) is 12.0 Å². The van der Waals surface area contributed by atoms with Crippen molar-refractivity contribution in [2.75, 3.05) is 18.4 Å². The number of carbonyl (C=O) groups is 1. The molecular weight excluding hydrogens is 340 g/mol. The zero-order valence-corrected chi connectivity index (χ0v) is 15.3. The monoisotopic (exact) mass is 362 g/mol. The number of amides is 1. The van der Waals surface area contributed by atoms with E-state index in [0.29, 0.717) is 18.3 Å². The van der Waals surface area contributed by atoms with Crippen molar-refractivity contribution in [2.45, 2.75) is 25.7 Å². The summed E-state index contributed by atoms with van der Waals surface area (Å²) in [7, 11) is 0. The van der Waals surface area contributed by atoms with Gasteiger partial charge in [-0.05, 0) is 49.6 Å². The number of hydrogen-bond donors (Lipinski definition) is 1. The van der Waals surface area contributed by atoms with E-state index in [1.807, 2.05) is 42.2 Å². The first-order chi connectivity index (χ1) is 13.2. The van der Waals surface area contributed by atoms with E-state index in [4.69, 9.17) is 9.40 Å². The van der Waals surface area contributed by atoms with Crippen molar-refractivity contribution in [2.24, 2.45) is 0 Å². The molecule has 1 aliphatic rings. The number of piperidine rings is 1. The predicted molar refractivity (Wildman–Crippen MR) is 103 cm³/mol. The second-order valence-corrected chi connectivity index (χ2v) is 6.81. The Balaban J connectivity index is 1.50. The van der Waals surface area contributed by atoms with Crippen LogP contribution in [0.1, 0.15) is 40.6 Å². The third-order valence-electron chi connectivity index (χ3n) is 4.93. The molecule has 27 heavy (non-hydrogen) atoms. The van der Waals surface area contributed by atoms with Gasteiger partial charge in [-0.3, -0.25) is 4.79 Å². The molecule has 1 N–H and O–H groups in total. The molecular formula is C21H22N4O2. The van der Waals surface area contributed by atoms with Gasteiger partial charge in [-0.2, -0.15) is 0 Å². The van der Waals surface area contributed by atoms with Gasteiger partial charge in [-0.15, -0.1) is 0 Å². The summed E-state index contributed by atoms with van der Waals surface area (Å²) < 4.78 is 5.26. The number of nitrogens with zero attached hydrogens (tertiary/aromatic N) is 3. The van der Waals surface area contributed by atoms with E-state index in [0.717, 1.165) is 36.3 Å². The number of para-hydroxylation sites is 1. The molecule has 1 aromatic carbocycles. The molecule has 0 bridgehead atoms. The molecule has 2 aromatic heterocycles. The largest absolute Gasteiger partial charge is 0.459 e. The maximum atomic E-state index is 12.6. The minimum Gasteiger partial charge on any atom is -0.459 e. The minimum atomic E-state index is -0.0583. The summed E-state index contributed by atoms with van der Waals surface area (Å²) in [5.74, 6) is 1.10. The molecule has 1 atom stereocenters. The van der Waals surface area contributed by atoms with E-state index >= 15 is 0 Å². The van der Waals surface area contributed by atoms with Crippen LogP contribution in [-0.2, 0) is 0 Å². The van der Waals surface area contributed by atoms with Gasteiger partial charge in [0.15, 0.2) is 5.76 Å². The van der Waals surface area contributed by atoms with Crippen molar-refractivity contribution < 1.29 is 9.21 Å². The second-order valence-electron chi connectivity index (χ2n) is 6.81. The van der Waals surface area contributed by atoms with Gasteiger partial charge in [-0.1, -0.05) is 18.2 Å². The van der Waals surface area contributed by atoms with Crippen LogP contribution < -0.4 is 5.32 Å². The van der Waals surface area contributed by atoms with Crippen molar-refractivity contribution in [1.82, 2.24) is 14.9 Å². The second kappa shape index (κ2) is 7.61. The number of benzene rings is 1. The lowest BCUT2D eigenvalue weighted by atomic mass is 9.94. The molecule has 0 saturated carbocycles. The number of hydrogen-bond acceptors (Lipinski definition) is 5. The summed E-state index contributed by atoms with van der Waals surface area (Å²) >= 11 is 0. The molecule has 1 amide bonds. The molecule has 3 heterocycles. The smallest absolute Gasteiger partial charge is 0.289 e. The van der Waals surface area contributed by atoms with Gasteiger partial charge in [-0.25, -0.2) is 9.97 Å². The average Bonchev–Trinajstić information content (AvgIpc) is 3.24. The highest BCUT2D eigenvalue weighted by atomic mass is 16.3. The van der Waals surface area contributed by atoms with Gasteiger partial charge in [0.25, 0.3) is 5.91 Å². The van der Waals surface area contributed by atoms with Gasteiger partial charge >= 0.3 is 0 Å². The van der Waals surface area contributed by atoms with Crippen molar-refractivity contribution >= 4 is 17.5 Å². The SMILES string of the molecule is Cc1ccccc1Nc1nccc([C@@H]2CCCN(C(=O)c3ccco3)C2)n1. The highest BCUT2D eigenvalue weighted by molar-refractivity contribution is 5.91. The molecule has 1 aliphatic heterocycles. The van der Waals surface area contributed by atoms with Gasteiger partial charge in [0.1, 0.15) is 0 Å². The van der Waals surface area contributed by atoms with Crippen LogP contribution in [0.5, 0.6) is 0 Å². The fourth-order valence-corrected chi connectivity index (χ4v) is 3.45. The number of aromatic nitrogens is 2. The predicted octanol–water partition coefficient (Wildman–Crippen LogP) is 4.14. The van der Waals surface area contributed by atoms with Gasteiger partial charge < -0.3 is 14.6 Å². The first-order valence-electron chi connectivity index (χ1n) is 9.19. The van der Waals surface area contributed by atoms with Crippen LogP contribution in [0.2, 0.25) is 0 Å². The van der Waals surface area contributed by atoms with Crippen LogP contribution in [0, 0.1) is 6.92 Å². The number of furan rings is 1. The van der Waals surface area contributed by atoms with Crippen LogP contribution in [0.25, 0.3) is 0 Å². The molecule has 1 saturated heterocycles. The topological polar surface area (TPSA) is 71.3 Å². The Hall–Kier alpha value is -3.15. The van der Waals surface area contributed by atoms with E-state index < -0.39 is 0 Å². The Labute approximate surface area is 158 Å². The standard InChI is InChI=1S/C21H22N4O2/c1-15-6-2-3-8-17(15)23-21-22-11-10-18(24-21)16-7-4-12-25(14-16)20(26)19-9-5-13-27-19/h2-3,5-6,8-11,13,16H,4,7,12,14H2,1H3,(H,22,23,24)/t16-/m1/s1. The van der Waals surface area contributed by atoms with E-state index in [9.17, 15) is 4.79 Å². The quantitative estimate of drug-likeness (QED) is 0.755. The normalized spacial score (nSPS) is 16.9. The Kier molecular flexibility index (Phi) is 4.87. The molecule has 0 radical (unpaired) electrons. The Morgan fingerprint density at radius 3 is 2.93 bits per heavy atom. The molecule has 138 valence electrons. The molecule has 6 nitrogen and oxygen atoms in total. The Morgan fingerprint density at radius 2 is 2.11 bits per heavy atom. The number of likely N-dealkylation sites (tertiary alicyclic amines) is 1. The highest BCUT2D eigenvalue weighted by Gasteiger charge is 2.27. The van der Waals surface area contributed by atoms with Crippen LogP contribution in [0.15, 0.2) is 59.3 Å². The van der Waals surface area contributed by atoms with E-state index in [1.54, 1.807) is 18.3 Å². The lowest BCUT2D eigenvalue weighted by Crippen LogP contribution is -2.39. The average molecular weight is 362 g/mol. The lowest BCUT2D eigenvalue weighted by Gasteiger charge is -2.32. The van der Waals surface area contributed by atoms with E-state index in [1.165, 1.54) is 6.26 Å². The van der Waals surface area contributed by atoms with Gasteiger partial charge in [0.2, 0.25) is 5.95 Å². The highest BCUT2D eigenvalue weighted by Crippen LogP contribution is 2.27. The van der Waals surface area contributed by atoms with Crippen molar-refractivity contribution in [3.63, 3.8) is 0 Å². The molecule has 3 aromatic rings. The third-order valence-corrected chi connectivity index (χ3v) is 4.93. The fraction of sp³-hybridized carbons (Fsp3) is 0.286. The van der Waals surface area contributed by atoms with Crippen molar-refractivity contribution in [3.05, 3.63) is 71.9 Å². The lowest BCUT2D eigenvalue weighted by molar-refractivity contribution is 0.0673. The molecule has 0 spiro atoms. The summed E-state index contributed by atoms with van der Waals surface area (Å²) in [4.78, 5) is 23.5. The number of anilines is 2. The summed E-state index contributed by atoms with van der Waals surface area (Å²) in [6, 6.07) is 13.4. The number of aryl methyl sites for hydroxylation is 1. The Morgan fingerprint density at radius 1 is 1.22 bits per heavy atom. The van der Waals surface area contributed by atoms with Gasteiger partial charge in [0, 0.05) is 30.9 Å². The minimum absolute atomic E-state index is 0.0583. The molecule has 6 heteroatoms. The summed E-state index contributed by atoms with van der Waals surface area (Å²) in [6.07, 6.45) is 5.25. The summed E-state index contributed by atoms with van der Waals surface area (Å²) in [5.41, 5.74) is 3.09. The van der Waals surface area contributed by atoms with Crippen molar-refractivity contribution in [1.29, 1.82) is 0 Å². The number of rotatable bonds is 4. The van der Waals surface area contributed by atoms with Crippen LogP contribution in [0.3, 0.4) is 0 Å². The maximum absolute atomic E-state index is 12.6. The van der Waals surface area contributed by atoms with Crippen LogP contribution in [-0.4, -0.2) is 33.9 Å². The van der Waals surface area contributed by atoms with Crippen LogP contribution >= 0.6 is 0 Å². The Bertz CT molecular complexity index is 923. The molecule has 0 unspecified atom stereocenters. The molecule has 4 rings (SSSR count). The third kappa shape index (κ3) is 3.84. The first kappa shape index (κ1) is 17.3. The van der Waals surface area contributed by atoms with E-state index in [2.05, 4.69) is 10.3 Å². The first-order valence-corrected chi connectivity index (χ1v) is 9.19. The number of nitrogens with one attached hydrogen (secondary N) is 1. The fourth-order valence-electron chi connectivity index (χ4n) is 3.45. The maximum Gasteiger partial charge on any atom is 0.289 e.